The highest BCUT2D eigenvalue weighted by molar-refractivity contribution is 5.98. The number of aliphatic hydroxyl groups excluding tert-OH is 1. The lowest BCUT2D eigenvalue weighted by atomic mass is 10.1. The molecule has 0 aliphatic heterocycles. The number of carbonyl (C=O) groups excluding carboxylic acids is 3. The Labute approximate surface area is 242 Å². The summed E-state index contributed by atoms with van der Waals surface area (Å²) in [4.78, 5) is 49.5. The summed E-state index contributed by atoms with van der Waals surface area (Å²) in [6.45, 7) is 0.468. The maximum atomic E-state index is 13.1. The summed E-state index contributed by atoms with van der Waals surface area (Å²) >= 11 is 0. The minimum absolute atomic E-state index is 0.0739. The molecule has 2 atom stereocenters. The molecule has 0 radical (unpaired) electrons. The minimum atomic E-state index is -1.20. The SMILES string of the molecule is O=C(O)c1ccc(CCNC(=O)[C@H](CCCNC(=O)[C@H](O)Cc2ccccc2)NC(=O)c2cc3ccccc3o2)cc1. The maximum absolute atomic E-state index is 13.1. The smallest absolute Gasteiger partial charge is 0.335 e. The molecule has 0 bridgehead atoms. The van der Waals surface area contributed by atoms with Crippen LogP contribution < -0.4 is 16.0 Å². The van der Waals surface area contributed by atoms with Crippen LogP contribution in [0.4, 0.5) is 0 Å². The van der Waals surface area contributed by atoms with Crippen LogP contribution in [0.1, 0.15) is 44.9 Å². The second kappa shape index (κ2) is 14.6. The first-order chi connectivity index (χ1) is 20.3. The number of aromatic carboxylic acids is 1. The molecule has 0 unspecified atom stereocenters. The molecule has 4 rings (SSSR count). The van der Waals surface area contributed by atoms with Crippen molar-refractivity contribution in [2.24, 2.45) is 0 Å². The van der Waals surface area contributed by atoms with Crippen LogP contribution in [0.15, 0.2) is 89.3 Å². The minimum Gasteiger partial charge on any atom is -0.478 e. The maximum Gasteiger partial charge on any atom is 0.335 e. The van der Waals surface area contributed by atoms with Crippen LogP contribution in [-0.2, 0) is 22.4 Å². The molecule has 0 fully saturated rings. The second-order valence-corrected chi connectivity index (χ2v) is 9.86. The van der Waals surface area contributed by atoms with E-state index in [1.165, 1.54) is 12.1 Å². The summed E-state index contributed by atoms with van der Waals surface area (Å²) < 4.78 is 5.64. The number of nitrogens with one attached hydrogen (secondary N) is 3. The van der Waals surface area contributed by atoms with E-state index in [-0.39, 0.29) is 37.3 Å². The van der Waals surface area contributed by atoms with Gasteiger partial charge in [0.25, 0.3) is 5.91 Å². The highest BCUT2D eigenvalue weighted by atomic mass is 16.4. The van der Waals surface area contributed by atoms with Gasteiger partial charge in [-0.25, -0.2) is 4.79 Å². The third kappa shape index (κ3) is 8.52. The molecule has 0 aliphatic rings. The Morgan fingerprint density at radius 3 is 2.19 bits per heavy atom. The molecule has 1 aromatic heterocycles. The number of amides is 3. The summed E-state index contributed by atoms with van der Waals surface area (Å²) in [5, 5.41) is 28.3. The number of carbonyl (C=O) groups is 4. The molecule has 3 amide bonds. The molecule has 4 aromatic rings. The van der Waals surface area contributed by atoms with Crippen molar-refractivity contribution in [2.45, 2.75) is 37.8 Å². The zero-order valence-electron chi connectivity index (χ0n) is 22.9. The average molecular weight is 572 g/mol. The first-order valence-electron chi connectivity index (χ1n) is 13.7. The van der Waals surface area contributed by atoms with Gasteiger partial charge in [0.2, 0.25) is 11.8 Å². The van der Waals surface area contributed by atoms with E-state index in [1.54, 1.807) is 30.3 Å². The van der Waals surface area contributed by atoms with Crippen molar-refractivity contribution in [3.63, 3.8) is 0 Å². The summed E-state index contributed by atoms with van der Waals surface area (Å²) in [6, 6.07) is 23.4. The van der Waals surface area contributed by atoms with E-state index in [1.807, 2.05) is 42.5 Å². The van der Waals surface area contributed by atoms with Crippen LogP contribution in [0, 0.1) is 0 Å². The lowest BCUT2D eigenvalue weighted by molar-refractivity contribution is -0.129. The van der Waals surface area contributed by atoms with Crippen molar-refractivity contribution in [2.75, 3.05) is 13.1 Å². The van der Waals surface area contributed by atoms with Gasteiger partial charge in [0.15, 0.2) is 5.76 Å². The molecule has 5 N–H and O–H groups in total. The molecule has 3 aromatic carbocycles. The van der Waals surface area contributed by atoms with Crippen LogP contribution in [0.2, 0.25) is 0 Å². The number of para-hydroxylation sites is 1. The predicted octanol–water partition coefficient (Wildman–Crippen LogP) is 3.09. The van der Waals surface area contributed by atoms with E-state index in [0.29, 0.717) is 18.4 Å². The lowest BCUT2D eigenvalue weighted by Crippen LogP contribution is -2.47. The second-order valence-electron chi connectivity index (χ2n) is 9.86. The number of carboxylic acids is 1. The van der Waals surface area contributed by atoms with Crippen molar-refractivity contribution in [1.29, 1.82) is 0 Å². The number of aliphatic hydroxyl groups is 1. The summed E-state index contributed by atoms with van der Waals surface area (Å²) in [6.07, 6.45) is 0.0260. The largest absolute Gasteiger partial charge is 0.478 e. The van der Waals surface area contributed by atoms with Gasteiger partial charge in [-0.1, -0.05) is 60.7 Å². The van der Waals surface area contributed by atoms with Gasteiger partial charge in [0.1, 0.15) is 17.7 Å². The molecule has 0 aliphatic carbocycles. The fourth-order valence-electron chi connectivity index (χ4n) is 4.42. The van der Waals surface area contributed by atoms with Crippen LogP contribution >= 0.6 is 0 Å². The van der Waals surface area contributed by atoms with Crippen molar-refractivity contribution >= 4 is 34.7 Å². The number of furan rings is 1. The van der Waals surface area contributed by atoms with Gasteiger partial charge in [-0.05, 0) is 54.7 Å². The Morgan fingerprint density at radius 1 is 0.786 bits per heavy atom. The highest BCUT2D eigenvalue weighted by Gasteiger charge is 2.23. The predicted molar refractivity (Wildman–Crippen MR) is 156 cm³/mol. The van der Waals surface area contributed by atoms with Crippen LogP contribution in [-0.4, -0.2) is 59.1 Å². The Morgan fingerprint density at radius 2 is 1.48 bits per heavy atom. The molecule has 0 spiro atoms. The fraction of sp³-hybridized carbons (Fsp3) is 0.250. The quantitative estimate of drug-likeness (QED) is 0.146. The number of rotatable bonds is 14. The Hall–Kier alpha value is -4.96. The molecule has 42 heavy (non-hydrogen) atoms. The van der Waals surface area contributed by atoms with Gasteiger partial charge >= 0.3 is 5.97 Å². The molecule has 0 saturated heterocycles. The lowest BCUT2D eigenvalue weighted by Gasteiger charge is -2.18. The molecule has 1 heterocycles. The van der Waals surface area contributed by atoms with E-state index < -0.39 is 35.8 Å². The fourth-order valence-corrected chi connectivity index (χ4v) is 4.42. The Bertz CT molecular complexity index is 1480. The van der Waals surface area contributed by atoms with Gasteiger partial charge in [-0.15, -0.1) is 0 Å². The molecule has 218 valence electrons. The van der Waals surface area contributed by atoms with E-state index in [0.717, 1.165) is 16.5 Å². The number of hydrogen-bond donors (Lipinski definition) is 5. The molecular formula is C32H33N3O7. The van der Waals surface area contributed by atoms with Crippen molar-refractivity contribution < 1.29 is 33.8 Å². The zero-order chi connectivity index (χ0) is 29.9. The van der Waals surface area contributed by atoms with Gasteiger partial charge in [-0.2, -0.15) is 0 Å². The number of carboxylic acid groups (broad SMARTS) is 1. The van der Waals surface area contributed by atoms with Gasteiger partial charge in [0.05, 0.1) is 5.56 Å². The monoisotopic (exact) mass is 571 g/mol. The topological polar surface area (TPSA) is 158 Å². The molecule has 10 nitrogen and oxygen atoms in total. The summed E-state index contributed by atoms with van der Waals surface area (Å²) in [5.41, 5.74) is 2.41. The normalized spacial score (nSPS) is 12.3. The number of hydrogen-bond acceptors (Lipinski definition) is 6. The van der Waals surface area contributed by atoms with E-state index in [4.69, 9.17) is 9.52 Å². The third-order valence-corrected chi connectivity index (χ3v) is 6.73. The average Bonchev–Trinajstić information content (AvgIpc) is 3.44. The third-order valence-electron chi connectivity index (χ3n) is 6.73. The van der Waals surface area contributed by atoms with Crippen LogP contribution in [0.5, 0.6) is 0 Å². The van der Waals surface area contributed by atoms with Gasteiger partial charge in [-0.3, -0.25) is 14.4 Å². The summed E-state index contributed by atoms with van der Waals surface area (Å²) in [5.74, 6) is -2.40. The standard InChI is InChI=1S/C32H33N3O7/c36-26(19-22-7-2-1-3-8-22)30(38)33-17-6-10-25(35-31(39)28-20-24-9-4-5-11-27(24)42-28)29(37)34-18-16-21-12-14-23(15-13-21)32(40)41/h1-5,7-9,11-15,20,25-26,36H,6,10,16-19H2,(H,33,38)(H,34,37)(H,35,39)(H,40,41)/t25-,26+/m0/s1. The van der Waals surface area contributed by atoms with Crippen molar-refractivity contribution in [3.05, 3.63) is 107 Å². The van der Waals surface area contributed by atoms with Crippen LogP contribution in [0.3, 0.4) is 0 Å². The van der Waals surface area contributed by atoms with Gasteiger partial charge in [0, 0.05) is 24.9 Å². The van der Waals surface area contributed by atoms with E-state index >= 15 is 0 Å². The number of benzene rings is 3. The first kappa shape index (κ1) is 30.0. The summed E-state index contributed by atoms with van der Waals surface area (Å²) in [7, 11) is 0. The first-order valence-corrected chi connectivity index (χ1v) is 13.7. The highest BCUT2D eigenvalue weighted by Crippen LogP contribution is 2.19. The van der Waals surface area contributed by atoms with Crippen LogP contribution in [0.25, 0.3) is 11.0 Å². The molecule has 10 heteroatoms. The zero-order valence-corrected chi connectivity index (χ0v) is 22.9. The van der Waals surface area contributed by atoms with Crippen molar-refractivity contribution in [3.8, 4) is 0 Å². The Kier molecular flexibility index (Phi) is 10.4. The van der Waals surface area contributed by atoms with Gasteiger partial charge < -0.3 is 30.6 Å². The molecular weight excluding hydrogens is 538 g/mol. The van der Waals surface area contributed by atoms with Crippen molar-refractivity contribution in [1.82, 2.24) is 16.0 Å². The van der Waals surface area contributed by atoms with E-state index in [2.05, 4.69) is 16.0 Å². The van der Waals surface area contributed by atoms with E-state index in [9.17, 15) is 24.3 Å². The molecule has 0 saturated carbocycles. The Balaban J connectivity index is 1.32. The number of fused-ring (bicyclic) bond motifs is 1.